The minimum absolute atomic E-state index is 0. The predicted octanol–water partition coefficient (Wildman–Crippen LogP) is 7.33. The standard InChI is InChI=1S/C13H9.C4H10N.C3H9OSi.C2H5O.CH3.CH2.2ClH.Zr/c1-3-7-12-10(5-1)9-11-6-2-4-8-13(11)12;1-4(2,3)5;1-5(2,3)4;1-2-3;;;;;/h1-9H;5H,1-3H3;1-3H3;2H2,1H3;1H3;1H2;2*1H;/q;3*-1;;;;;+3. The Kier molecular flexibility index (Phi) is 8.00. The molecule has 3 rings (SSSR count). The fourth-order valence-electron chi connectivity index (χ4n) is 6.00. The SMILES string of the molecule is Cl.Cl.[CH2]=[Zr]([CH3])([NH]C(C)(C)C)([O]CC)([O][Si](C)(C)C)[CH]1c2ccccc2-c2ccccc21. The van der Waals surface area contributed by atoms with Gasteiger partial charge >= 0.3 is 178 Å². The average Bonchev–Trinajstić information content (AvgIpc) is 2.86. The molecule has 0 radical (unpaired) electrons. The summed E-state index contributed by atoms with van der Waals surface area (Å²) < 4.78 is 25.5. The third kappa shape index (κ3) is 5.35. The van der Waals surface area contributed by atoms with Gasteiger partial charge in [0.2, 0.25) is 0 Å². The van der Waals surface area contributed by atoms with Crippen molar-refractivity contribution in [1.29, 1.82) is 0 Å². The van der Waals surface area contributed by atoms with Crippen molar-refractivity contribution >= 4 is 37.3 Å². The molecule has 0 atom stereocenters. The Balaban J connectivity index is 0.00000240. The molecule has 0 bridgehead atoms. The van der Waals surface area contributed by atoms with Crippen molar-refractivity contribution in [3.8, 4) is 11.1 Å². The van der Waals surface area contributed by atoms with Crippen LogP contribution in [0.4, 0.5) is 0 Å². The fraction of sp³-hybridized carbons (Fsp3) is 0.458. The molecule has 7 heteroatoms. The van der Waals surface area contributed by atoms with Gasteiger partial charge in [0.15, 0.2) is 0 Å². The van der Waals surface area contributed by atoms with Crippen molar-refractivity contribution in [2.75, 3.05) is 6.61 Å². The molecule has 31 heavy (non-hydrogen) atoms. The molecule has 0 aliphatic heterocycles. The van der Waals surface area contributed by atoms with Gasteiger partial charge in [-0.2, -0.15) is 0 Å². The molecule has 0 spiro atoms. The van der Waals surface area contributed by atoms with Gasteiger partial charge in [-0.25, -0.2) is 0 Å². The summed E-state index contributed by atoms with van der Waals surface area (Å²) in [5.41, 5.74) is 4.87. The summed E-state index contributed by atoms with van der Waals surface area (Å²) in [4.78, 5) is 0. The van der Waals surface area contributed by atoms with E-state index in [1.54, 1.807) is 0 Å². The van der Waals surface area contributed by atoms with Crippen LogP contribution in [-0.2, 0) is 23.3 Å². The number of rotatable bonds is 6. The second kappa shape index (κ2) is 8.58. The zero-order valence-corrected chi connectivity index (χ0v) is 25.3. The number of hydrogen-bond acceptors (Lipinski definition) is 3. The molecule has 1 aliphatic rings. The molecule has 2 aromatic carbocycles. The van der Waals surface area contributed by atoms with Gasteiger partial charge in [0.1, 0.15) is 0 Å². The van der Waals surface area contributed by atoms with E-state index in [0.29, 0.717) is 6.61 Å². The molecule has 1 N–H and O–H groups in total. The molecule has 0 amide bonds. The molecule has 0 fully saturated rings. The topological polar surface area (TPSA) is 30.5 Å². The molecular weight excluding hydrogens is 524 g/mol. The van der Waals surface area contributed by atoms with Crippen molar-refractivity contribution in [2.45, 2.75) is 61.1 Å². The summed E-state index contributed by atoms with van der Waals surface area (Å²) in [6.45, 7) is 15.9. The Morgan fingerprint density at radius 2 is 1.35 bits per heavy atom. The second-order valence-electron chi connectivity index (χ2n) is 11.3. The fourth-order valence-corrected chi connectivity index (χ4v) is 39.1. The molecule has 0 heterocycles. The van der Waals surface area contributed by atoms with Gasteiger partial charge in [0, 0.05) is 0 Å². The van der Waals surface area contributed by atoms with Gasteiger partial charge in [-0.3, -0.25) is 0 Å². The van der Waals surface area contributed by atoms with Crippen LogP contribution in [0.2, 0.25) is 24.3 Å². The molecule has 2 aromatic rings. The number of hydrogen-bond donors (Lipinski definition) is 1. The zero-order chi connectivity index (χ0) is 21.8. The zero-order valence-electron chi connectivity index (χ0n) is 20.2. The first-order valence-electron chi connectivity index (χ1n) is 10.7. The van der Waals surface area contributed by atoms with E-state index in [2.05, 4.69) is 104 Å². The number of halogens is 2. The maximum absolute atomic E-state index is 7.31. The van der Waals surface area contributed by atoms with Crippen LogP contribution in [0.25, 0.3) is 11.1 Å². The van der Waals surface area contributed by atoms with Crippen molar-refractivity contribution in [2.24, 2.45) is 0 Å². The summed E-state index contributed by atoms with van der Waals surface area (Å²) in [6, 6.07) is 17.4. The summed E-state index contributed by atoms with van der Waals surface area (Å²) in [5, 5.41) is 0. The Labute approximate surface area is 201 Å². The van der Waals surface area contributed by atoms with E-state index in [4.69, 9.17) is 9.53 Å². The van der Waals surface area contributed by atoms with Crippen LogP contribution in [-0.4, -0.2) is 24.7 Å². The number of benzene rings is 2. The third-order valence-electron chi connectivity index (χ3n) is 5.71. The molecule has 0 unspecified atom stereocenters. The quantitative estimate of drug-likeness (QED) is 0.373. The van der Waals surface area contributed by atoms with Crippen LogP contribution in [0.1, 0.15) is 42.4 Å². The van der Waals surface area contributed by atoms with Gasteiger partial charge in [-0.15, -0.1) is 24.8 Å². The minimum atomic E-state index is -5.39. The van der Waals surface area contributed by atoms with E-state index >= 15 is 0 Å². The molecule has 3 nitrogen and oxygen atoms in total. The van der Waals surface area contributed by atoms with Crippen LogP contribution in [0.5, 0.6) is 0 Å². The Hall–Kier alpha value is -0.130. The maximum atomic E-state index is 7.31. The number of fused-ring (bicyclic) bond motifs is 3. The first-order valence-corrected chi connectivity index (χ1v) is 23.0. The predicted molar refractivity (Wildman–Crippen MR) is 140 cm³/mol. The molecule has 0 saturated heterocycles. The van der Waals surface area contributed by atoms with Crippen LogP contribution in [0.3, 0.4) is 0 Å². The Morgan fingerprint density at radius 1 is 0.935 bits per heavy atom. The summed E-state index contributed by atoms with van der Waals surface area (Å²) in [6.07, 6.45) is 0. The van der Waals surface area contributed by atoms with Crippen LogP contribution in [0, 0.1) is 0 Å². The van der Waals surface area contributed by atoms with Crippen LogP contribution in [0.15, 0.2) is 48.5 Å². The van der Waals surface area contributed by atoms with Gasteiger partial charge in [-0.1, -0.05) is 0 Å². The first-order chi connectivity index (χ1) is 13.1. The average molecular weight is 565 g/mol. The summed E-state index contributed by atoms with van der Waals surface area (Å²) in [7, 11) is -2.04. The monoisotopic (exact) mass is 562 g/mol. The normalized spacial score (nSPS) is 16.3. The van der Waals surface area contributed by atoms with Gasteiger partial charge in [0.05, 0.1) is 0 Å². The van der Waals surface area contributed by atoms with Gasteiger partial charge < -0.3 is 0 Å². The molecule has 1 aliphatic carbocycles. The van der Waals surface area contributed by atoms with Crippen LogP contribution >= 0.6 is 24.8 Å². The summed E-state index contributed by atoms with van der Waals surface area (Å²) >= 11 is -5.39. The van der Waals surface area contributed by atoms with E-state index in [1.165, 1.54) is 22.3 Å². The first kappa shape index (κ1) is 28.9. The second-order valence-corrected chi connectivity index (χ2v) is 32.9. The van der Waals surface area contributed by atoms with Gasteiger partial charge in [0.25, 0.3) is 0 Å². The Morgan fingerprint density at radius 3 is 1.71 bits per heavy atom. The van der Waals surface area contributed by atoms with E-state index in [1.807, 2.05) is 0 Å². The molecular formula is C24H40Cl2NO2SiZr. The van der Waals surface area contributed by atoms with E-state index in [0.717, 1.165) is 0 Å². The van der Waals surface area contributed by atoms with E-state index in [-0.39, 0.29) is 34.0 Å². The third-order valence-corrected chi connectivity index (χ3v) is 28.8. The molecule has 0 saturated carbocycles. The van der Waals surface area contributed by atoms with Crippen molar-refractivity contribution in [3.63, 3.8) is 0 Å². The molecule has 0 aromatic heterocycles. The van der Waals surface area contributed by atoms with Crippen LogP contribution < -0.4 is 3.26 Å². The van der Waals surface area contributed by atoms with Crippen molar-refractivity contribution in [1.82, 2.24) is 3.26 Å². The van der Waals surface area contributed by atoms with E-state index < -0.39 is 26.3 Å². The van der Waals surface area contributed by atoms with Gasteiger partial charge in [-0.05, 0) is 0 Å². The van der Waals surface area contributed by atoms with E-state index in [9.17, 15) is 0 Å². The van der Waals surface area contributed by atoms with Crippen molar-refractivity contribution < 1.29 is 23.3 Å². The Bertz CT molecular complexity index is 975. The molecule has 175 valence electrons. The number of nitrogens with one attached hydrogen (secondary N) is 1. The summed E-state index contributed by atoms with van der Waals surface area (Å²) in [5.74, 6) is 0. The van der Waals surface area contributed by atoms with Crippen molar-refractivity contribution in [3.05, 3.63) is 59.7 Å².